The van der Waals surface area contributed by atoms with Gasteiger partial charge in [-0.05, 0) is 123 Å². The van der Waals surface area contributed by atoms with E-state index in [2.05, 4.69) is 43.4 Å². The van der Waals surface area contributed by atoms with Crippen LogP contribution in [-0.2, 0) is 14.3 Å². The van der Waals surface area contributed by atoms with Crippen LogP contribution in [0.25, 0.3) is 11.1 Å². The van der Waals surface area contributed by atoms with Crippen molar-refractivity contribution in [2.75, 3.05) is 40.1 Å². The van der Waals surface area contributed by atoms with Crippen LogP contribution in [0, 0.1) is 0 Å². The minimum atomic E-state index is -0.458. The zero-order chi connectivity index (χ0) is 48.3. The molecule has 11 nitrogen and oxygen atoms in total. The highest BCUT2D eigenvalue weighted by atomic mass is 16.5. The van der Waals surface area contributed by atoms with Crippen molar-refractivity contribution in [2.24, 2.45) is 9.98 Å². The van der Waals surface area contributed by atoms with E-state index in [9.17, 15) is 4.79 Å². The number of methoxy groups -OCH3 is 1. The minimum Gasteiger partial charge on any atom is -0.513 e. The van der Waals surface area contributed by atoms with Crippen molar-refractivity contribution in [3.63, 3.8) is 0 Å². The molecular formula is C55H76N2O9. The van der Waals surface area contributed by atoms with Crippen LogP contribution in [0.1, 0.15) is 109 Å². The number of ether oxygens (including phenoxy) is 5. The van der Waals surface area contributed by atoms with Gasteiger partial charge in [0.1, 0.15) is 47.9 Å². The number of carbonyl (C=O) groups is 3. The fourth-order valence-corrected chi connectivity index (χ4v) is 5.38. The summed E-state index contributed by atoms with van der Waals surface area (Å²) in [4.78, 5) is 40.0. The SMILES string of the molecule is C.C=C(C)O.C=CC=O.C=CC=O.C=Nc1ccccc1OCCN=Cc1cc(-c2ccc(OCCCCCCOC)cc2)ccc1OC(=O)c1ccc(OCCCCCCC)cc1.CC. The average Bonchev–Trinajstić information content (AvgIpc) is 3.33. The molecule has 0 aliphatic rings. The molecule has 0 aliphatic heterocycles. The molecule has 0 heterocycles. The van der Waals surface area contributed by atoms with Gasteiger partial charge in [0.2, 0.25) is 0 Å². The Bertz CT molecular complexity index is 1910. The zero-order valence-electron chi connectivity index (χ0n) is 39.4. The number of allylic oxidation sites excluding steroid dienone is 3. The number of hydrogen-bond acceptors (Lipinski definition) is 11. The number of hydrogen-bond donors (Lipinski definition) is 1. The first kappa shape index (κ1) is 61.5. The first-order chi connectivity index (χ1) is 31.7. The highest BCUT2D eigenvalue weighted by Crippen LogP contribution is 2.29. The van der Waals surface area contributed by atoms with E-state index >= 15 is 0 Å². The molecule has 11 heteroatoms. The molecular weight excluding hydrogens is 833 g/mol. The van der Waals surface area contributed by atoms with Crippen LogP contribution >= 0.6 is 0 Å². The first-order valence-electron chi connectivity index (χ1n) is 22.1. The predicted molar refractivity (Wildman–Crippen MR) is 275 cm³/mol. The van der Waals surface area contributed by atoms with Crippen LogP contribution in [0.5, 0.6) is 23.0 Å². The van der Waals surface area contributed by atoms with E-state index in [0.717, 1.165) is 67.8 Å². The Morgan fingerprint density at radius 2 is 1.18 bits per heavy atom. The van der Waals surface area contributed by atoms with Crippen molar-refractivity contribution in [1.29, 1.82) is 0 Å². The van der Waals surface area contributed by atoms with E-state index < -0.39 is 5.97 Å². The summed E-state index contributed by atoms with van der Waals surface area (Å²) >= 11 is 0. The summed E-state index contributed by atoms with van der Waals surface area (Å²) < 4.78 is 28.7. The Hall–Kier alpha value is -6.59. The third-order valence-electron chi connectivity index (χ3n) is 8.45. The smallest absolute Gasteiger partial charge is 0.343 e. The second kappa shape index (κ2) is 42.4. The zero-order valence-corrected chi connectivity index (χ0v) is 39.4. The van der Waals surface area contributed by atoms with Crippen LogP contribution in [0.3, 0.4) is 0 Å². The summed E-state index contributed by atoms with van der Waals surface area (Å²) in [6.45, 7) is 23.6. The summed E-state index contributed by atoms with van der Waals surface area (Å²) in [6, 6.07) is 28.3. The van der Waals surface area contributed by atoms with E-state index in [1.165, 1.54) is 38.3 Å². The first-order valence-corrected chi connectivity index (χ1v) is 22.1. The van der Waals surface area contributed by atoms with Gasteiger partial charge >= 0.3 is 5.97 Å². The number of benzene rings is 4. The van der Waals surface area contributed by atoms with Gasteiger partial charge in [0.25, 0.3) is 0 Å². The highest BCUT2D eigenvalue weighted by Gasteiger charge is 2.13. The third-order valence-corrected chi connectivity index (χ3v) is 8.45. The number of esters is 1. The summed E-state index contributed by atoms with van der Waals surface area (Å²) in [5.74, 6) is 2.34. The average molecular weight is 909 g/mol. The Kier molecular flexibility index (Phi) is 39.5. The number of aliphatic hydroxyl groups excluding tert-OH is 1. The van der Waals surface area contributed by atoms with E-state index in [4.69, 9.17) is 38.4 Å². The molecule has 4 rings (SSSR count). The molecule has 360 valence electrons. The van der Waals surface area contributed by atoms with Crippen molar-refractivity contribution in [3.8, 4) is 34.1 Å². The monoisotopic (exact) mass is 909 g/mol. The van der Waals surface area contributed by atoms with E-state index in [-0.39, 0.29) is 13.2 Å². The standard InChI is InChI=1S/C43H52N2O6.C3H6O.2C3H4O.C2H6.CH4/c1-4-5-6-7-13-29-49-39-24-19-35(20-25-39)43(46)51-41-26-21-36(34-17-22-38(23-18-34)48-30-14-9-8-12-28-47-3)32-37(41)33-45-27-31-50-42-16-11-10-15-40(42)44-2;1-3(2)4;2*1-2-3-4;1-2;/h10-11,15-26,32-33H,2,4-9,12-14,27-31H2,1,3H3;4H,1H2,2H3;2*2-3H,1H2;1-2H3;1H4. The van der Waals surface area contributed by atoms with E-state index in [1.54, 1.807) is 31.5 Å². The molecule has 0 fully saturated rings. The Labute approximate surface area is 396 Å². The van der Waals surface area contributed by atoms with Gasteiger partial charge in [0.05, 0.1) is 31.1 Å². The largest absolute Gasteiger partial charge is 0.513 e. The summed E-state index contributed by atoms with van der Waals surface area (Å²) in [6.07, 6.45) is 15.6. The Balaban J connectivity index is 0. The third kappa shape index (κ3) is 29.7. The van der Waals surface area contributed by atoms with Crippen molar-refractivity contribution < 1.29 is 43.2 Å². The molecule has 0 radical (unpaired) electrons. The molecule has 0 spiro atoms. The molecule has 0 unspecified atom stereocenters. The van der Waals surface area contributed by atoms with Crippen molar-refractivity contribution >= 4 is 37.2 Å². The molecule has 0 saturated carbocycles. The van der Waals surface area contributed by atoms with Crippen molar-refractivity contribution in [2.45, 2.75) is 92.9 Å². The number of unbranched alkanes of at least 4 members (excludes halogenated alkanes) is 7. The Morgan fingerprint density at radius 1 is 0.682 bits per heavy atom. The van der Waals surface area contributed by atoms with Gasteiger partial charge in [-0.25, -0.2) is 4.79 Å². The second-order valence-electron chi connectivity index (χ2n) is 13.7. The van der Waals surface area contributed by atoms with Gasteiger partial charge in [-0.2, -0.15) is 0 Å². The fourth-order valence-electron chi connectivity index (χ4n) is 5.38. The molecule has 1 N–H and O–H groups in total. The molecule has 0 aromatic heterocycles. The number of para-hydroxylation sites is 2. The lowest BCUT2D eigenvalue weighted by Crippen LogP contribution is -2.10. The number of carbonyl (C=O) groups excluding carboxylic acids is 3. The molecule has 66 heavy (non-hydrogen) atoms. The van der Waals surface area contributed by atoms with E-state index in [0.29, 0.717) is 67.3 Å². The lowest BCUT2D eigenvalue weighted by molar-refractivity contribution is -0.104. The van der Waals surface area contributed by atoms with Crippen LogP contribution in [0.4, 0.5) is 5.69 Å². The van der Waals surface area contributed by atoms with Gasteiger partial charge in [0, 0.05) is 25.5 Å². The van der Waals surface area contributed by atoms with Crippen molar-refractivity contribution in [1.82, 2.24) is 0 Å². The van der Waals surface area contributed by atoms with Crippen molar-refractivity contribution in [3.05, 3.63) is 140 Å². The predicted octanol–water partition coefficient (Wildman–Crippen LogP) is 13.8. The highest BCUT2D eigenvalue weighted by molar-refractivity contribution is 5.94. The van der Waals surface area contributed by atoms with Gasteiger partial charge < -0.3 is 28.8 Å². The maximum atomic E-state index is 13.2. The second-order valence-corrected chi connectivity index (χ2v) is 13.7. The lowest BCUT2D eigenvalue weighted by Gasteiger charge is -2.12. The minimum absolute atomic E-state index is 0. The molecule has 0 saturated heterocycles. The molecule has 4 aromatic rings. The lowest BCUT2D eigenvalue weighted by atomic mass is 10.0. The summed E-state index contributed by atoms with van der Waals surface area (Å²) in [7, 11) is 1.74. The van der Waals surface area contributed by atoms with Crippen LogP contribution < -0.4 is 18.9 Å². The number of aliphatic hydroxyl groups is 1. The maximum absolute atomic E-state index is 13.2. The number of rotatable bonds is 26. The maximum Gasteiger partial charge on any atom is 0.343 e. The van der Waals surface area contributed by atoms with Gasteiger partial charge in [-0.1, -0.05) is 110 Å². The van der Waals surface area contributed by atoms with Crippen LogP contribution in [0.2, 0.25) is 0 Å². The van der Waals surface area contributed by atoms with Gasteiger partial charge in [0.15, 0.2) is 0 Å². The molecule has 0 aliphatic carbocycles. The van der Waals surface area contributed by atoms with E-state index in [1.807, 2.05) is 86.6 Å². The van der Waals surface area contributed by atoms with Crippen LogP contribution in [-0.4, -0.2) is 76.7 Å². The molecule has 4 aromatic carbocycles. The molecule has 0 atom stereocenters. The van der Waals surface area contributed by atoms with Gasteiger partial charge in [-0.15, -0.1) is 0 Å². The topological polar surface area (TPSA) is 142 Å². The van der Waals surface area contributed by atoms with Gasteiger partial charge in [-0.3, -0.25) is 19.6 Å². The summed E-state index contributed by atoms with van der Waals surface area (Å²) in [5, 5.41) is 7.86. The number of aliphatic imine (C=N–C) groups is 2. The summed E-state index contributed by atoms with van der Waals surface area (Å²) in [5.41, 5.74) is 3.75. The fraction of sp³-hybridized carbons (Fsp3) is 0.364. The quantitative estimate of drug-likeness (QED) is 0.0124. The molecule has 0 bridgehead atoms. The molecule has 0 amide bonds. The number of aldehydes is 2. The number of nitrogens with zero attached hydrogens (tertiary/aromatic N) is 2. The normalized spacial score (nSPS) is 9.59. The Morgan fingerprint density at radius 3 is 1.70 bits per heavy atom. The van der Waals surface area contributed by atoms with Crippen LogP contribution in [0.15, 0.2) is 139 Å².